The molecular weight excluding hydrogens is 266 g/mol. The number of anilines is 1. The van der Waals surface area contributed by atoms with E-state index < -0.39 is 10.0 Å². The lowest BCUT2D eigenvalue weighted by Gasteiger charge is -2.09. The number of sulfonamides is 1. The van der Waals surface area contributed by atoms with Crippen molar-refractivity contribution >= 4 is 15.7 Å². The summed E-state index contributed by atoms with van der Waals surface area (Å²) in [6, 6.07) is 4.78. The third kappa shape index (κ3) is 2.91. The van der Waals surface area contributed by atoms with Crippen molar-refractivity contribution in [2.24, 2.45) is 7.05 Å². The number of benzene rings is 1. The minimum absolute atomic E-state index is 0.0765. The molecule has 1 aromatic heterocycles. The van der Waals surface area contributed by atoms with E-state index in [2.05, 4.69) is 14.9 Å². The summed E-state index contributed by atoms with van der Waals surface area (Å²) in [5.41, 5.74) is 6.67. The van der Waals surface area contributed by atoms with Crippen LogP contribution in [0.4, 0.5) is 5.69 Å². The highest BCUT2D eigenvalue weighted by atomic mass is 32.2. The van der Waals surface area contributed by atoms with Crippen molar-refractivity contribution in [3.05, 3.63) is 35.9 Å². The minimum Gasteiger partial charge on any atom is -0.399 e. The molecule has 2 aromatic rings. The fourth-order valence-corrected chi connectivity index (χ4v) is 2.87. The quantitative estimate of drug-likeness (QED) is 0.778. The second-order valence-corrected chi connectivity index (χ2v) is 5.94. The number of hydrogen-bond acceptors (Lipinski definition) is 5. The normalized spacial score (nSPS) is 11.7. The third-order valence-electron chi connectivity index (χ3n) is 2.73. The van der Waals surface area contributed by atoms with Crippen LogP contribution < -0.4 is 10.5 Å². The van der Waals surface area contributed by atoms with Crippen molar-refractivity contribution in [3.8, 4) is 0 Å². The molecule has 19 heavy (non-hydrogen) atoms. The second-order valence-electron chi connectivity index (χ2n) is 4.21. The van der Waals surface area contributed by atoms with Crippen molar-refractivity contribution < 1.29 is 8.42 Å². The van der Waals surface area contributed by atoms with Gasteiger partial charge in [-0.15, -0.1) is 10.2 Å². The number of hydrogen-bond donors (Lipinski definition) is 2. The van der Waals surface area contributed by atoms with Crippen molar-refractivity contribution in [3.63, 3.8) is 0 Å². The van der Waals surface area contributed by atoms with E-state index in [-0.39, 0.29) is 11.4 Å². The largest absolute Gasteiger partial charge is 0.399 e. The first-order valence-corrected chi connectivity index (χ1v) is 7.07. The van der Waals surface area contributed by atoms with E-state index in [0.29, 0.717) is 17.1 Å². The average Bonchev–Trinajstić information content (AvgIpc) is 2.75. The van der Waals surface area contributed by atoms with E-state index in [1.807, 2.05) is 0 Å². The zero-order chi connectivity index (χ0) is 14.0. The van der Waals surface area contributed by atoms with Gasteiger partial charge in [0.05, 0.1) is 11.4 Å². The first-order chi connectivity index (χ1) is 8.90. The predicted octanol–water partition coefficient (Wildman–Crippen LogP) is 0.184. The van der Waals surface area contributed by atoms with Gasteiger partial charge in [0.1, 0.15) is 12.2 Å². The van der Waals surface area contributed by atoms with Crippen molar-refractivity contribution in [2.75, 3.05) is 5.73 Å². The molecule has 1 aromatic carbocycles. The molecule has 0 bridgehead atoms. The van der Waals surface area contributed by atoms with Crippen LogP contribution in [0.5, 0.6) is 0 Å². The lowest BCUT2D eigenvalue weighted by atomic mass is 10.2. The van der Waals surface area contributed by atoms with Gasteiger partial charge in [0.2, 0.25) is 10.0 Å². The Kier molecular flexibility index (Phi) is 3.54. The number of aromatic nitrogens is 3. The van der Waals surface area contributed by atoms with E-state index in [1.54, 1.807) is 30.7 Å². The number of nitrogens with zero attached hydrogens (tertiary/aromatic N) is 3. The first kappa shape index (κ1) is 13.5. The molecule has 0 spiro atoms. The molecule has 102 valence electrons. The van der Waals surface area contributed by atoms with Gasteiger partial charge in [-0.3, -0.25) is 0 Å². The van der Waals surface area contributed by atoms with Crippen LogP contribution in [0.2, 0.25) is 0 Å². The van der Waals surface area contributed by atoms with Gasteiger partial charge < -0.3 is 10.3 Å². The molecule has 0 aliphatic rings. The molecule has 1 heterocycles. The number of nitrogens with one attached hydrogen (secondary N) is 1. The van der Waals surface area contributed by atoms with Gasteiger partial charge >= 0.3 is 0 Å². The molecule has 0 atom stereocenters. The highest BCUT2D eigenvalue weighted by molar-refractivity contribution is 7.89. The van der Waals surface area contributed by atoms with Gasteiger partial charge in [0.25, 0.3) is 0 Å². The molecule has 0 saturated heterocycles. The molecule has 0 unspecified atom stereocenters. The van der Waals surface area contributed by atoms with E-state index in [4.69, 9.17) is 5.73 Å². The smallest absolute Gasteiger partial charge is 0.241 e. The first-order valence-electron chi connectivity index (χ1n) is 5.59. The molecule has 0 saturated carbocycles. The summed E-state index contributed by atoms with van der Waals surface area (Å²) in [7, 11) is -1.87. The summed E-state index contributed by atoms with van der Waals surface area (Å²) >= 11 is 0. The Hall–Kier alpha value is -1.93. The van der Waals surface area contributed by atoms with E-state index >= 15 is 0 Å². The second kappa shape index (κ2) is 4.98. The van der Waals surface area contributed by atoms with Crippen LogP contribution in [-0.2, 0) is 23.6 Å². The number of aryl methyl sites for hydroxylation is 2. The Morgan fingerprint density at radius 1 is 1.42 bits per heavy atom. The van der Waals surface area contributed by atoms with Crippen LogP contribution in [0.3, 0.4) is 0 Å². The minimum atomic E-state index is -3.62. The van der Waals surface area contributed by atoms with Crippen LogP contribution in [0.1, 0.15) is 11.4 Å². The summed E-state index contributed by atoms with van der Waals surface area (Å²) in [6.45, 7) is 1.80. The SMILES string of the molecule is Cc1ccc(N)cc1S(=O)(=O)NCc1nncn1C. The van der Waals surface area contributed by atoms with Crippen molar-refractivity contribution in [2.45, 2.75) is 18.4 Å². The average molecular weight is 281 g/mol. The Bertz CT molecular complexity index is 693. The van der Waals surface area contributed by atoms with E-state index in [1.165, 1.54) is 12.4 Å². The summed E-state index contributed by atoms with van der Waals surface area (Å²) in [5, 5.41) is 7.50. The number of nitrogen functional groups attached to an aromatic ring is 1. The summed E-state index contributed by atoms with van der Waals surface area (Å²) in [6.07, 6.45) is 1.51. The molecular formula is C11H15N5O2S. The van der Waals surface area contributed by atoms with Gasteiger partial charge in [-0.1, -0.05) is 6.07 Å². The molecule has 0 aliphatic carbocycles. The summed E-state index contributed by atoms with van der Waals surface area (Å²) in [5.74, 6) is 0.533. The van der Waals surface area contributed by atoms with Crippen LogP contribution in [0.15, 0.2) is 29.4 Å². The summed E-state index contributed by atoms with van der Waals surface area (Å²) < 4.78 is 28.5. The van der Waals surface area contributed by atoms with Gasteiger partial charge in [-0.25, -0.2) is 13.1 Å². The lowest BCUT2D eigenvalue weighted by molar-refractivity contribution is 0.577. The highest BCUT2D eigenvalue weighted by Crippen LogP contribution is 2.18. The molecule has 0 radical (unpaired) electrons. The van der Waals surface area contributed by atoms with E-state index in [9.17, 15) is 8.42 Å². The molecule has 0 fully saturated rings. The predicted molar refractivity (Wildman–Crippen MR) is 70.6 cm³/mol. The maximum atomic E-state index is 12.2. The zero-order valence-corrected chi connectivity index (χ0v) is 11.5. The van der Waals surface area contributed by atoms with Gasteiger partial charge in [-0.2, -0.15) is 0 Å². The topological polar surface area (TPSA) is 103 Å². The van der Waals surface area contributed by atoms with Gasteiger partial charge in [0, 0.05) is 12.7 Å². The maximum Gasteiger partial charge on any atom is 0.241 e. The Balaban J connectivity index is 2.23. The molecule has 2 rings (SSSR count). The molecule has 8 heteroatoms. The molecule has 7 nitrogen and oxygen atoms in total. The number of nitrogens with two attached hydrogens (primary N) is 1. The fraction of sp³-hybridized carbons (Fsp3) is 0.273. The fourth-order valence-electron chi connectivity index (χ4n) is 1.61. The maximum absolute atomic E-state index is 12.2. The van der Waals surface area contributed by atoms with Crippen LogP contribution in [-0.4, -0.2) is 23.2 Å². The van der Waals surface area contributed by atoms with Crippen LogP contribution >= 0.6 is 0 Å². The van der Waals surface area contributed by atoms with Gasteiger partial charge in [-0.05, 0) is 24.6 Å². The van der Waals surface area contributed by atoms with E-state index in [0.717, 1.165) is 0 Å². The Labute approximate surface area is 111 Å². The Morgan fingerprint density at radius 2 is 2.16 bits per heavy atom. The van der Waals surface area contributed by atoms with Crippen LogP contribution in [0, 0.1) is 6.92 Å². The van der Waals surface area contributed by atoms with Crippen molar-refractivity contribution in [1.82, 2.24) is 19.5 Å². The highest BCUT2D eigenvalue weighted by Gasteiger charge is 2.17. The lowest BCUT2D eigenvalue weighted by Crippen LogP contribution is -2.25. The third-order valence-corrected chi connectivity index (χ3v) is 4.27. The molecule has 3 N–H and O–H groups in total. The van der Waals surface area contributed by atoms with Crippen molar-refractivity contribution in [1.29, 1.82) is 0 Å². The Morgan fingerprint density at radius 3 is 2.79 bits per heavy atom. The molecule has 0 aliphatic heterocycles. The zero-order valence-electron chi connectivity index (χ0n) is 10.7. The number of rotatable bonds is 4. The molecule has 0 amide bonds. The van der Waals surface area contributed by atoms with Gasteiger partial charge in [0.15, 0.2) is 0 Å². The standard InChI is InChI=1S/C11H15N5O2S/c1-8-3-4-9(12)5-10(8)19(17,18)14-6-11-15-13-7-16(11)2/h3-5,7,14H,6,12H2,1-2H3. The van der Waals surface area contributed by atoms with Crippen LogP contribution in [0.25, 0.3) is 0 Å². The summed E-state index contributed by atoms with van der Waals surface area (Å²) in [4.78, 5) is 0.176. The monoisotopic (exact) mass is 281 g/mol.